The van der Waals surface area contributed by atoms with E-state index in [4.69, 9.17) is 0 Å². The zero-order valence-electron chi connectivity index (χ0n) is 15.9. The molecule has 2 aromatic heterocycles. The minimum absolute atomic E-state index is 0.0666. The van der Waals surface area contributed by atoms with Gasteiger partial charge in [-0.15, -0.1) is 11.3 Å². The van der Waals surface area contributed by atoms with Crippen LogP contribution in [-0.2, 0) is 17.8 Å². The van der Waals surface area contributed by atoms with Crippen molar-refractivity contribution >= 4 is 23.0 Å². The summed E-state index contributed by atoms with van der Waals surface area (Å²) >= 11 is 1.43. The number of rotatable bonds is 6. The number of imidazole rings is 1. The number of hydrogen-bond acceptors (Lipinski definition) is 4. The number of amides is 1. The fourth-order valence-electron chi connectivity index (χ4n) is 4.11. The number of carbonyl (C=O) groups is 2. The van der Waals surface area contributed by atoms with Gasteiger partial charge in [0.15, 0.2) is 5.78 Å². The van der Waals surface area contributed by atoms with Crippen LogP contribution in [0.5, 0.6) is 0 Å². The largest absolute Gasteiger partial charge is 0.342 e. The molecule has 2 aromatic rings. The topological polar surface area (TPSA) is 55.2 Å². The van der Waals surface area contributed by atoms with Crippen LogP contribution in [0.25, 0.3) is 0 Å². The highest BCUT2D eigenvalue weighted by Gasteiger charge is 2.27. The molecule has 2 aliphatic rings. The first-order valence-electron chi connectivity index (χ1n) is 9.97. The molecule has 1 saturated carbocycles. The number of hydrogen-bond donors (Lipinski definition) is 0. The van der Waals surface area contributed by atoms with Crippen molar-refractivity contribution in [1.82, 2.24) is 14.5 Å². The molecule has 2 fully saturated rings. The van der Waals surface area contributed by atoms with Crippen LogP contribution in [0.2, 0.25) is 0 Å². The highest BCUT2D eigenvalue weighted by molar-refractivity contribution is 7.12. The standard InChI is InChI=1S/C21H27N3O2S/c1-15(25)19-11-17(14-27-19)12-20(26)23-8-5-18(6-9-23)21-22-7-10-24(21)13-16-3-2-4-16/h7,10-11,14,16,18H,2-6,8-9,12-13H2,1H3. The number of nitrogens with zero attached hydrogens (tertiary/aromatic N) is 3. The second-order valence-electron chi connectivity index (χ2n) is 7.94. The summed E-state index contributed by atoms with van der Waals surface area (Å²) in [5, 5.41) is 1.93. The normalized spacial score (nSPS) is 18.5. The summed E-state index contributed by atoms with van der Waals surface area (Å²) < 4.78 is 2.35. The number of likely N-dealkylation sites (tertiary alicyclic amines) is 1. The van der Waals surface area contributed by atoms with Crippen molar-refractivity contribution in [2.24, 2.45) is 5.92 Å². The van der Waals surface area contributed by atoms with Crippen LogP contribution >= 0.6 is 11.3 Å². The highest BCUT2D eigenvalue weighted by atomic mass is 32.1. The SMILES string of the molecule is CC(=O)c1cc(CC(=O)N2CCC(c3nccn3CC3CCC3)CC2)cs1. The summed E-state index contributed by atoms with van der Waals surface area (Å²) in [5.41, 5.74) is 0.952. The summed E-state index contributed by atoms with van der Waals surface area (Å²) in [5.74, 6) is 2.72. The van der Waals surface area contributed by atoms with Crippen molar-refractivity contribution in [2.75, 3.05) is 13.1 Å². The van der Waals surface area contributed by atoms with Gasteiger partial charge in [-0.25, -0.2) is 4.98 Å². The molecule has 0 spiro atoms. The lowest BCUT2D eigenvalue weighted by Crippen LogP contribution is -2.39. The van der Waals surface area contributed by atoms with E-state index in [-0.39, 0.29) is 11.7 Å². The van der Waals surface area contributed by atoms with Crippen LogP contribution in [0.1, 0.15) is 66.0 Å². The highest BCUT2D eigenvalue weighted by Crippen LogP contribution is 2.31. The lowest BCUT2D eigenvalue weighted by atomic mass is 9.85. The van der Waals surface area contributed by atoms with Gasteiger partial charge in [-0.2, -0.15) is 0 Å². The van der Waals surface area contributed by atoms with Gasteiger partial charge in [0.2, 0.25) is 5.91 Å². The minimum atomic E-state index is 0.0666. The predicted octanol–water partition coefficient (Wildman–Crippen LogP) is 3.90. The van der Waals surface area contributed by atoms with E-state index in [0.717, 1.165) is 48.8 Å². The van der Waals surface area contributed by atoms with Gasteiger partial charge in [-0.05, 0) is 55.5 Å². The number of Topliss-reactive ketones (excluding diaryl/α,β-unsaturated/α-hetero) is 1. The van der Waals surface area contributed by atoms with Crippen molar-refractivity contribution in [3.05, 3.63) is 40.1 Å². The van der Waals surface area contributed by atoms with Crippen LogP contribution in [-0.4, -0.2) is 39.2 Å². The summed E-state index contributed by atoms with van der Waals surface area (Å²) in [4.78, 5) is 31.4. The molecule has 0 N–H and O–H groups in total. The van der Waals surface area contributed by atoms with Crippen molar-refractivity contribution in [1.29, 1.82) is 0 Å². The first kappa shape index (κ1) is 18.4. The number of carbonyl (C=O) groups excluding carboxylic acids is 2. The molecule has 1 amide bonds. The Morgan fingerprint density at radius 3 is 2.63 bits per heavy atom. The van der Waals surface area contributed by atoms with Gasteiger partial charge < -0.3 is 9.47 Å². The molecule has 1 saturated heterocycles. The summed E-state index contributed by atoms with van der Waals surface area (Å²) in [6.45, 7) is 4.26. The van der Waals surface area contributed by atoms with Gasteiger partial charge in [0.1, 0.15) is 5.82 Å². The Morgan fingerprint density at radius 2 is 2.00 bits per heavy atom. The molecule has 3 heterocycles. The molecule has 0 aromatic carbocycles. The molecular weight excluding hydrogens is 358 g/mol. The van der Waals surface area contributed by atoms with Gasteiger partial charge in [0.05, 0.1) is 11.3 Å². The zero-order chi connectivity index (χ0) is 18.8. The fraction of sp³-hybridized carbons (Fsp3) is 0.571. The molecule has 0 atom stereocenters. The van der Waals surface area contributed by atoms with E-state index in [9.17, 15) is 9.59 Å². The average molecular weight is 386 g/mol. The fourth-order valence-corrected chi connectivity index (χ4v) is 4.93. The molecule has 0 bridgehead atoms. The second kappa shape index (κ2) is 7.97. The quantitative estimate of drug-likeness (QED) is 0.709. The van der Waals surface area contributed by atoms with E-state index >= 15 is 0 Å². The lowest BCUT2D eigenvalue weighted by molar-refractivity contribution is -0.131. The zero-order valence-corrected chi connectivity index (χ0v) is 16.7. The van der Waals surface area contributed by atoms with Crippen molar-refractivity contribution in [2.45, 2.75) is 57.9 Å². The van der Waals surface area contributed by atoms with E-state index in [1.165, 1.54) is 36.4 Å². The number of ketones is 1. The van der Waals surface area contributed by atoms with Gasteiger partial charge in [-0.1, -0.05) is 6.42 Å². The van der Waals surface area contributed by atoms with Gasteiger partial charge >= 0.3 is 0 Å². The number of aromatic nitrogens is 2. The predicted molar refractivity (Wildman–Crippen MR) is 106 cm³/mol. The minimum Gasteiger partial charge on any atom is -0.342 e. The maximum atomic E-state index is 12.6. The Kier molecular flexibility index (Phi) is 5.43. The Hall–Kier alpha value is -1.95. The number of thiophene rings is 1. The Balaban J connectivity index is 1.31. The lowest BCUT2D eigenvalue weighted by Gasteiger charge is -2.33. The van der Waals surface area contributed by atoms with Crippen molar-refractivity contribution in [3.63, 3.8) is 0 Å². The van der Waals surface area contributed by atoms with Crippen LogP contribution < -0.4 is 0 Å². The molecule has 1 aliphatic heterocycles. The van der Waals surface area contributed by atoms with Gasteiger partial charge in [0, 0.05) is 37.9 Å². The van der Waals surface area contributed by atoms with E-state index in [0.29, 0.717) is 12.3 Å². The third-order valence-electron chi connectivity index (χ3n) is 6.00. The van der Waals surface area contributed by atoms with Crippen molar-refractivity contribution < 1.29 is 9.59 Å². The first-order valence-corrected chi connectivity index (χ1v) is 10.9. The smallest absolute Gasteiger partial charge is 0.227 e. The molecule has 6 heteroatoms. The van der Waals surface area contributed by atoms with Crippen LogP contribution in [0.3, 0.4) is 0 Å². The van der Waals surface area contributed by atoms with Crippen molar-refractivity contribution in [3.8, 4) is 0 Å². The third-order valence-corrected chi connectivity index (χ3v) is 7.08. The van der Waals surface area contributed by atoms with E-state index in [1.54, 1.807) is 6.92 Å². The molecule has 0 radical (unpaired) electrons. The summed E-state index contributed by atoms with van der Waals surface area (Å²) in [6, 6.07) is 1.86. The molecule has 144 valence electrons. The third kappa shape index (κ3) is 4.15. The monoisotopic (exact) mass is 385 g/mol. The van der Waals surface area contributed by atoms with E-state index in [2.05, 4.69) is 15.7 Å². The molecule has 4 rings (SSSR count). The summed E-state index contributed by atoms with van der Waals surface area (Å²) in [7, 11) is 0. The Labute approximate surface area is 164 Å². The molecular formula is C21H27N3O2S. The Bertz CT molecular complexity index is 813. The van der Waals surface area contributed by atoms with Crippen LogP contribution in [0.4, 0.5) is 0 Å². The molecule has 27 heavy (non-hydrogen) atoms. The molecule has 0 unspecified atom stereocenters. The molecule has 1 aliphatic carbocycles. The molecule has 5 nitrogen and oxygen atoms in total. The number of piperidine rings is 1. The first-order chi connectivity index (χ1) is 13.1. The van der Waals surface area contributed by atoms with Gasteiger partial charge in [-0.3, -0.25) is 9.59 Å². The van der Waals surface area contributed by atoms with E-state index in [1.807, 2.05) is 22.5 Å². The maximum absolute atomic E-state index is 12.6. The maximum Gasteiger partial charge on any atom is 0.227 e. The second-order valence-corrected chi connectivity index (χ2v) is 8.85. The summed E-state index contributed by atoms with van der Waals surface area (Å²) in [6.07, 6.45) is 10.5. The Morgan fingerprint density at radius 1 is 1.22 bits per heavy atom. The van der Waals surface area contributed by atoms with Crippen LogP contribution in [0, 0.1) is 5.92 Å². The van der Waals surface area contributed by atoms with E-state index < -0.39 is 0 Å². The average Bonchev–Trinajstić information content (AvgIpc) is 3.27. The van der Waals surface area contributed by atoms with Gasteiger partial charge in [0.25, 0.3) is 0 Å². The van der Waals surface area contributed by atoms with Crippen LogP contribution in [0.15, 0.2) is 23.8 Å².